The summed E-state index contributed by atoms with van der Waals surface area (Å²) < 4.78 is 5.07. The smallest absolute Gasteiger partial charge is 0.274 e. The molecular formula is C14H17N5O2. The molecule has 1 aliphatic rings. The minimum absolute atomic E-state index is 0.0746. The van der Waals surface area contributed by atoms with Crippen LogP contribution in [-0.2, 0) is 5.41 Å². The van der Waals surface area contributed by atoms with Gasteiger partial charge in [0.15, 0.2) is 5.82 Å². The summed E-state index contributed by atoms with van der Waals surface area (Å²) in [5.41, 5.74) is 0.244. The van der Waals surface area contributed by atoms with E-state index in [1.165, 1.54) is 12.4 Å². The number of amides is 1. The number of rotatable bonds is 2. The van der Waals surface area contributed by atoms with Crippen LogP contribution in [0.2, 0.25) is 0 Å². The van der Waals surface area contributed by atoms with E-state index in [2.05, 4.69) is 27.0 Å². The Bertz CT molecular complexity index is 632. The second-order valence-electron chi connectivity index (χ2n) is 5.58. The lowest BCUT2D eigenvalue weighted by molar-refractivity contribution is 0.0663. The van der Waals surface area contributed by atoms with Crippen LogP contribution in [0.5, 0.6) is 0 Å². The Morgan fingerprint density at radius 3 is 2.67 bits per heavy atom. The van der Waals surface area contributed by atoms with Crippen LogP contribution < -0.4 is 0 Å². The van der Waals surface area contributed by atoms with Gasteiger partial charge in [0.1, 0.15) is 5.69 Å². The molecule has 0 spiro atoms. The van der Waals surface area contributed by atoms with Gasteiger partial charge in [-0.2, -0.15) is 4.98 Å². The molecule has 1 fully saturated rings. The molecule has 110 valence electrons. The van der Waals surface area contributed by atoms with Crippen LogP contribution in [-0.4, -0.2) is 44.0 Å². The third-order valence-corrected chi connectivity index (χ3v) is 4.00. The predicted molar refractivity (Wildman–Crippen MR) is 73.6 cm³/mol. The number of carbonyl (C=O) groups excluding carboxylic acids is 1. The van der Waals surface area contributed by atoms with Crippen molar-refractivity contribution in [3.63, 3.8) is 0 Å². The molecule has 2 aromatic rings. The second-order valence-corrected chi connectivity index (χ2v) is 5.58. The maximum Gasteiger partial charge on any atom is 0.274 e. The zero-order valence-electron chi connectivity index (χ0n) is 12.1. The molecule has 0 atom stereocenters. The molecule has 1 aliphatic heterocycles. The van der Waals surface area contributed by atoms with Gasteiger partial charge in [-0.15, -0.1) is 0 Å². The van der Waals surface area contributed by atoms with Gasteiger partial charge in [0.05, 0.1) is 6.20 Å². The number of hydrogen-bond acceptors (Lipinski definition) is 6. The topological polar surface area (TPSA) is 85.0 Å². The SMILES string of the molecule is Cc1nc(C2(C)CCN(C(=O)c3cnccn3)CC2)no1. The minimum Gasteiger partial charge on any atom is -0.340 e. The highest BCUT2D eigenvalue weighted by Crippen LogP contribution is 2.33. The van der Waals surface area contributed by atoms with Crippen LogP contribution >= 0.6 is 0 Å². The number of carbonyl (C=O) groups is 1. The molecule has 3 heterocycles. The van der Waals surface area contributed by atoms with Crippen LogP contribution in [0.1, 0.15) is 42.0 Å². The second kappa shape index (κ2) is 5.23. The van der Waals surface area contributed by atoms with Gasteiger partial charge >= 0.3 is 0 Å². The first-order valence-electron chi connectivity index (χ1n) is 6.95. The number of aromatic nitrogens is 4. The summed E-state index contributed by atoms with van der Waals surface area (Å²) >= 11 is 0. The van der Waals surface area contributed by atoms with E-state index in [1.54, 1.807) is 18.0 Å². The maximum absolute atomic E-state index is 12.3. The van der Waals surface area contributed by atoms with E-state index >= 15 is 0 Å². The molecule has 0 unspecified atom stereocenters. The average Bonchev–Trinajstić information content (AvgIpc) is 2.96. The molecule has 0 bridgehead atoms. The third kappa shape index (κ3) is 2.63. The fourth-order valence-corrected chi connectivity index (χ4v) is 2.54. The highest BCUT2D eigenvalue weighted by molar-refractivity contribution is 5.92. The van der Waals surface area contributed by atoms with Crippen molar-refractivity contribution in [2.24, 2.45) is 0 Å². The fraction of sp³-hybridized carbons (Fsp3) is 0.500. The van der Waals surface area contributed by atoms with Crippen molar-refractivity contribution in [1.29, 1.82) is 0 Å². The largest absolute Gasteiger partial charge is 0.340 e. The molecule has 7 nitrogen and oxygen atoms in total. The Kier molecular flexibility index (Phi) is 3.40. The molecule has 7 heteroatoms. The molecular weight excluding hydrogens is 270 g/mol. The van der Waals surface area contributed by atoms with E-state index in [4.69, 9.17) is 4.52 Å². The lowest BCUT2D eigenvalue weighted by atomic mass is 9.79. The van der Waals surface area contributed by atoms with E-state index in [0.29, 0.717) is 24.7 Å². The zero-order valence-corrected chi connectivity index (χ0v) is 12.1. The molecule has 3 rings (SSSR count). The van der Waals surface area contributed by atoms with Crippen molar-refractivity contribution >= 4 is 5.91 Å². The first kappa shape index (κ1) is 13.7. The summed E-state index contributed by atoms with van der Waals surface area (Å²) in [6.07, 6.45) is 6.20. The van der Waals surface area contributed by atoms with Gasteiger partial charge in [0.25, 0.3) is 5.91 Å². The van der Waals surface area contributed by atoms with Gasteiger partial charge in [-0.25, -0.2) is 4.98 Å². The minimum atomic E-state index is -0.142. The Labute approximate surface area is 122 Å². The van der Waals surface area contributed by atoms with E-state index < -0.39 is 0 Å². The molecule has 1 amide bonds. The molecule has 0 aromatic carbocycles. The molecule has 0 saturated carbocycles. The normalized spacial score (nSPS) is 17.7. The van der Waals surface area contributed by atoms with Crippen molar-refractivity contribution in [3.8, 4) is 0 Å². The van der Waals surface area contributed by atoms with Crippen LogP contribution in [0.25, 0.3) is 0 Å². The molecule has 0 N–H and O–H groups in total. The summed E-state index contributed by atoms with van der Waals surface area (Å²) in [5, 5.41) is 4.03. The van der Waals surface area contributed by atoms with Crippen molar-refractivity contribution in [1.82, 2.24) is 25.0 Å². The van der Waals surface area contributed by atoms with Crippen molar-refractivity contribution in [3.05, 3.63) is 36.0 Å². The maximum atomic E-state index is 12.3. The van der Waals surface area contributed by atoms with E-state index in [-0.39, 0.29) is 11.3 Å². The Morgan fingerprint density at radius 2 is 2.10 bits per heavy atom. The van der Waals surface area contributed by atoms with Gasteiger partial charge in [-0.3, -0.25) is 9.78 Å². The first-order valence-corrected chi connectivity index (χ1v) is 6.95. The Hall–Kier alpha value is -2.31. The van der Waals surface area contributed by atoms with Crippen molar-refractivity contribution < 1.29 is 9.32 Å². The number of piperidine rings is 1. The molecule has 0 aliphatic carbocycles. The van der Waals surface area contributed by atoms with Crippen LogP contribution in [0.15, 0.2) is 23.1 Å². The first-order chi connectivity index (χ1) is 10.1. The van der Waals surface area contributed by atoms with Crippen LogP contribution in [0, 0.1) is 6.92 Å². The highest BCUT2D eigenvalue weighted by atomic mass is 16.5. The van der Waals surface area contributed by atoms with Gasteiger partial charge in [-0.05, 0) is 12.8 Å². The zero-order chi connectivity index (χ0) is 14.9. The summed E-state index contributed by atoms with van der Waals surface area (Å²) in [6.45, 7) is 5.20. The summed E-state index contributed by atoms with van der Waals surface area (Å²) in [4.78, 5) is 26.5. The quantitative estimate of drug-likeness (QED) is 0.829. The summed E-state index contributed by atoms with van der Waals surface area (Å²) in [7, 11) is 0. The summed E-state index contributed by atoms with van der Waals surface area (Å²) in [5.74, 6) is 1.23. The predicted octanol–water partition coefficient (Wildman–Crippen LogP) is 1.36. The van der Waals surface area contributed by atoms with Crippen LogP contribution in [0.3, 0.4) is 0 Å². The van der Waals surface area contributed by atoms with Gasteiger partial charge in [0.2, 0.25) is 5.89 Å². The molecule has 1 saturated heterocycles. The van der Waals surface area contributed by atoms with E-state index in [1.807, 2.05) is 0 Å². The third-order valence-electron chi connectivity index (χ3n) is 4.00. The monoisotopic (exact) mass is 287 g/mol. The average molecular weight is 287 g/mol. The number of likely N-dealkylation sites (tertiary alicyclic amines) is 1. The lowest BCUT2D eigenvalue weighted by Crippen LogP contribution is -2.44. The Morgan fingerprint density at radius 1 is 1.33 bits per heavy atom. The number of hydrogen-bond donors (Lipinski definition) is 0. The van der Waals surface area contributed by atoms with Gasteiger partial charge in [-0.1, -0.05) is 12.1 Å². The number of aryl methyl sites for hydroxylation is 1. The lowest BCUT2D eigenvalue weighted by Gasteiger charge is -2.37. The van der Waals surface area contributed by atoms with Crippen molar-refractivity contribution in [2.45, 2.75) is 32.1 Å². The molecule has 0 radical (unpaired) electrons. The Balaban J connectivity index is 1.69. The van der Waals surface area contributed by atoms with Crippen LogP contribution in [0.4, 0.5) is 0 Å². The van der Waals surface area contributed by atoms with Crippen molar-refractivity contribution in [2.75, 3.05) is 13.1 Å². The molecule has 21 heavy (non-hydrogen) atoms. The highest BCUT2D eigenvalue weighted by Gasteiger charge is 2.37. The van der Waals surface area contributed by atoms with E-state index in [0.717, 1.165) is 18.7 Å². The van der Waals surface area contributed by atoms with Gasteiger partial charge in [0, 0.05) is 37.8 Å². The number of nitrogens with zero attached hydrogens (tertiary/aromatic N) is 5. The van der Waals surface area contributed by atoms with E-state index in [9.17, 15) is 4.79 Å². The van der Waals surface area contributed by atoms with Gasteiger partial charge < -0.3 is 9.42 Å². The standard InChI is InChI=1S/C14H17N5O2/c1-10-17-13(18-21-10)14(2)3-7-19(8-4-14)12(20)11-9-15-5-6-16-11/h5-6,9H,3-4,7-8H2,1-2H3. The fourth-order valence-electron chi connectivity index (χ4n) is 2.54. The summed E-state index contributed by atoms with van der Waals surface area (Å²) in [6, 6.07) is 0. The molecule has 2 aromatic heterocycles.